The van der Waals surface area contributed by atoms with Crippen LogP contribution in [0.25, 0.3) is 0 Å². The summed E-state index contributed by atoms with van der Waals surface area (Å²) in [6.45, 7) is 2.95. The van der Waals surface area contributed by atoms with Gasteiger partial charge in [0.15, 0.2) is 0 Å². The van der Waals surface area contributed by atoms with E-state index in [0.29, 0.717) is 0 Å². The lowest BCUT2D eigenvalue weighted by Crippen LogP contribution is -2.17. The third-order valence-electron chi connectivity index (χ3n) is 2.64. The molecule has 1 heterocycles. The van der Waals surface area contributed by atoms with Crippen LogP contribution in [-0.2, 0) is 6.54 Å². The molecule has 0 amide bonds. The van der Waals surface area contributed by atoms with Crippen LogP contribution in [0.5, 0.6) is 0 Å². The third kappa shape index (κ3) is 3.01. The van der Waals surface area contributed by atoms with Crippen LogP contribution in [-0.4, -0.2) is 7.05 Å². The molecule has 0 aliphatic rings. The number of thiophene rings is 1. The number of benzene rings is 1. The Balaban J connectivity index is 2.19. The van der Waals surface area contributed by atoms with Gasteiger partial charge in [0.2, 0.25) is 0 Å². The Bertz CT molecular complexity index is 522. The molecule has 2 N–H and O–H groups in total. The molecule has 0 fully saturated rings. The number of aryl methyl sites for hydroxylation is 1. The highest BCUT2D eigenvalue weighted by Gasteiger charge is 2.07. The van der Waals surface area contributed by atoms with E-state index in [1.165, 1.54) is 11.1 Å². The molecule has 0 saturated heterocycles. The second kappa shape index (κ2) is 5.10. The van der Waals surface area contributed by atoms with Gasteiger partial charge >= 0.3 is 0 Å². The Morgan fingerprint density at radius 2 is 2.12 bits per heavy atom. The first-order chi connectivity index (χ1) is 8.06. The van der Waals surface area contributed by atoms with Crippen LogP contribution < -0.4 is 10.6 Å². The molecule has 0 bridgehead atoms. The average Bonchev–Trinajstić information content (AvgIpc) is 2.67. The summed E-state index contributed by atoms with van der Waals surface area (Å²) in [5.41, 5.74) is 10.4. The largest absolute Gasteiger partial charge is 0.397 e. The quantitative estimate of drug-likeness (QED) is 0.867. The van der Waals surface area contributed by atoms with Crippen molar-refractivity contribution in [2.45, 2.75) is 13.5 Å². The lowest BCUT2D eigenvalue weighted by molar-refractivity contribution is 0.928. The van der Waals surface area contributed by atoms with Crippen molar-refractivity contribution in [3.8, 4) is 0 Å². The first-order valence-corrected chi connectivity index (χ1v) is 7.03. The predicted molar refractivity (Wildman–Crippen MR) is 79.7 cm³/mol. The summed E-state index contributed by atoms with van der Waals surface area (Å²) >= 11 is 5.19. The molecule has 2 rings (SSSR count). The Labute approximate surface area is 114 Å². The Morgan fingerprint density at radius 1 is 1.35 bits per heavy atom. The predicted octanol–water partition coefficient (Wildman–Crippen LogP) is 4.04. The number of hydrogen-bond acceptors (Lipinski definition) is 3. The van der Waals surface area contributed by atoms with Crippen LogP contribution in [0.1, 0.15) is 11.1 Å². The van der Waals surface area contributed by atoms with E-state index in [2.05, 4.69) is 52.3 Å². The fourth-order valence-corrected chi connectivity index (χ4v) is 2.97. The molecule has 90 valence electrons. The summed E-state index contributed by atoms with van der Waals surface area (Å²) in [6, 6.07) is 8.27. The molecular weight excluding hydrogens is 296 g/mol. The van der Waals surface area contributed by atoms with Crippen molar-refractivity contribution in [1.29, 1.82) is 0 Å². The van der Waals surface area contributed by atoms with Crippen LogP contribution in [0.3, 0.4) is 0 Å². The third-order valence-corrected chi connectivity index (χ3v) is 4.19. The van der Waals surface area contributed by atoms with Crippen LogP contribution in [0.4, 0.5) is 11.4 Å². The fourth-order valence-electron chi connectivity index (χ4n) is 1.77. The Hall–Kier alpha value is -1.00. The molecule has 0 spiro atoms. The molecular formula is C13H15BrN2S. The molecule has 0 aliphatic heterocycles. The van der Waals surface area contributed by atoms with Crippen molar-refractivity contribution < 1.29 is 0 Å². The molecule has 0 atom stereocenters. The SMILES string of the molecule is Cc1ccc(N)c(N(C)Cc2csc(Br)c2)c1. The number of nitrogens with two attached hydrogens (primary N) is 1. The summed E-state index contributed by atoms with van der Waals surface area (Å²) in [7, 11) is 2.07. The van der Waals surface area contributed by atoms with Crippen LogP contribution >= 0.6 is 27.3 Å². The van der Waals surface area contributed by atoms with Gasteiger partial charge in [-0.25, -0.2) is 0 Å². The van der Waals surface area contributed by atoms with E-state index in [4.69, 9.17) is 5.73 Å². The Kier molecular flexibility index (Phi) is 3.74. The lowest BCUT2D eigenvalue weighted by Gasteiger charge is -2.21. The maximum absolute atomic E-state index is 6.00. The molecule has 0 unspecified atom stereocenters. The van der Waals surface area contributed by atoms with Gasteiger partial charge in [0.1, 0.15) is 0 Å². The zero-order valence-corrected chi connectivity index (χ0v) is 12.3. The van der Waals surface area contributed by atoms with Gasteiger partial charge in [0.25, 0.3) is 0 Å². The number of nitrogens with zero attached hydrogens (tertiary/aromatic N) is 1. The van der Waals surface area contributed by atoms with E-state index in [9.17, 15) is 0 Å². The van der Waals surface area contributed by atoms with Gasteiger partial charge in [-0.3, -0.25) is 0 Å². The van der Waals surface area contributed by atoms with Crippen LogP contribution in [0.15, 0.2) is 33.4 Å². The molecule has 0 saturated carbocycles. The normalized spacial score (nSPS) is 10.5. The van der Waals surface area contributed by atoms with Crippen molar-refractivity contribution in [3.63, 3.8) is 0 Å². The van der Waals surface area contributed by atoms with Crippen molar-refractivity contribution in [3.05, 3.63) is 44.6 Å². The van der Waals surface area contributed by atoms with E-state index in [-0.39, 0.29) is 0 Å². The van der Waals surface area contributed by atoms with E-state index >= 15 is 0 Å². The first kappa shape index (κ1) is 12.5. The van der Waals surface area contributed by atoms with Crippen LogP contribution in [0.2, 0.25) is 0 Å². The number of halogens is 1. The average molecular weight is 311 g/mol. The highest BCUT2D eigenvalue weighted by molar-refractivity contribution is 9.11. The van der Waals surface area contributed by atoms with E-state index < -0.39 is 0 Å². The second-order valence-electron chi connectivity index (χ2n) is 4.18. The first-order valence-electron chi connectivity index (χ1n) is 5.36. The summed E-state index contributed by atoms with van der Waals surface area (Å²) in [6.07, 6.45) is 0. The second-order valence-corrected chi connectivity index (χ2v) is 6.47. The van der Waals surface area contributed by atoms with Gasteiger partial charge in [-0.05, 0) is 57.6 Å². The fraction of sp³-hybridized carbons (Fsp3) is 0.231. The summed E-state index contributed by atoms with van der Waals surface area (Å²) in [4.78, 5) is 2.18. The van der Waals surface area contributed by atoms with Crippen molar-refractivity contribution in [2.24, 2.45) is 0 Å². The van der Waals surface area contributed by atoms with E-state index in [1.807, 2.05) is 12.1 Å². The zero-order valence-electron chi connectivity index (χ0n) is 9.90. The van der Waals surface area contributed by atoms with Gasteiger partial charge in [-0.2, -0.15) is 0 Å². The van der Waals surface area contributed by atoms with Crippen molar-refractivity contribution in [1.82, 2.24) is 0 Å². The molecule has 0 radical (unpaired) electrons. The van der Waals surface area contributed by atoms with Crippen molar-refractivity contribution in [2.75, 3.05) is 17.7 Å². The molecule has 0 aliphatic carbocycles. The lowest BCUT2D eigenvalue weighted by atomic mass is 10.1. The number of anilines is 2. The molecule has 1 aromatic carbocycles. The number of rotatable bonds is 3. The topological polar surface area (TPSA) is 29.3 Å². The monoisotopic (exact) mass is 310 g/mol. The maximum atomic E-state index is 6.00. The smallest absolute Gasteiger partial charge is 0.0701 e. The Morgan fingerprint density at radius 3 is 2.76 bits per heavy atom. The highest BCUT2D eigenvalue weighted by atomic mass is 79.9. The molecule has 1 aromatic heterocycles. The molecule has 2 nitrogen and oxygen atoms in total. The highest BCUT2D eigenvalue weighted by Crippen LogP contribution is 2.27. The minimum atomic E-state index is 0.826. The minimum Gasteiger partial charge on any atom is -0.397 e. The summed E-state index contributed by atoms with van der Waals surface area (Å²) < 4.78 is 1.16. The standard InChI is InChI=1S/C13H15BrN2S/c1-9-3-4-11(15)12(5-9)16(2)7-10-6-13(14)17-8-10/h3-6,8H,7,15H2,1-2H3. The van der Waals surface area contributed by atoms with Gasteiger partial charge < -0.3 is 10.6 Å². The van der Waals surface area contributed by atoms with Crippen LogP contribution in [0, 0.1) is 6.92 Å². The molecule has 2 aromatic rings. The number of hydrogen-bond donors (Lipinski definition) is 1. The molecule has 17 heavy (non-hydrogen) atoms. The molecule has 4 heteroatoms. The number of nitrogen functional groups attached to an aromatic ring is 1. The maximum Gasteiger partial charge on any atom is 0.0701 e. The van der Waals surface area contributed by atoms with Crippen molar-refractivity contribution >= 4 is 38.6 Å². The minimum absolute atomic E-state index is 0.826. The summed E-state index contributed by atoms with van der Waals surface area (Å²) in [5.74, 6) is 0. The van der Waals surface area contributed by atoms with Gasteiger partial charge in [-0.15, -0.1) is 11.3 Å². The van der Waals surface area contributed by atoms with Gasteiger partial charge in [0, 0.05) is 13.6 Å². The van der Waals surface area contributed by atoms with E-state index in [1.54, 1.807) is 11.3 Å². The van der Waals surface area contributed by atoms with E-state index in [0.717, 1.165) is 21.7 Å². The zero-order chi connectivity index (χ0) is 12.4. The van der Waals surface area contributed by atoms with Gasteiger partial charge in [-0.1, -0.05) is 6.07 Å². The van der Waals surface area contributed by atoms with Gasteiger partial charge in [0.05, 0.1) is 15.2 Å². The summed E-state index contributed by atoms with van der Waals surface area (Å²) in [5, 5.41) is 2.16.